The van der Waals surface area contributed by atoms with Crippen molar-refractivity contribution < 1.29 is 4.94 Å². The number of hydroxylamine groups is 2. The monoisotopic (exact) mass is 312 g/mol. The Balaban J connectivity index is 1.71. The maximum Gasteiger partial charge on any atom is 0.152 e. The first-order chi connectivity index (χ1) is 11.3. The van der Waals surface area contributed by atoms with E-state index in [1.54, 1.807) is 11.1 Å². The molecule has 120 valence electrons. The average Bonchev–Trinajstić information content (AvgIpc) is 3.00. The van der Waals surface area contributed by atoms with Crippen LogP contribution in [0.4, 0.5) is 5.82 Å². The third kappa shape index (κ3) is 2.47. The van der Waals surface area contributed by atoms with Gasteiger partial charge in [0.25, 0.3) is 0 Å². The molecular weight excluding hydrogens is 292 g/mol. The van der Waals surface area contributed by atoms with Crippen LogP contribution in [0.25, 0.3) is 21.9 Å². The molecule has 1 aliphatic heterocycles. The molecule has 1 fully saturated rings. The molecule has 2 aromatic heterocycles. The van der Waals surface area contributed by atoms with E-state index in [-0.39, 0.29) is 0 Å². The first-order valence-corrected chi connectivity index (χ1v) is 7.93. The SMILES string of the molecule is CCN1CCN(On2cnc3c(N)nc4ccccc4c32)CC1. The number of nitrogen functional groups attached to an aromatic ring is 1. The Bertz CT molecular complexity index is 837. The van der Waals surface area contributed by atoms with Gasteiger partial charge in [-0.2, -0.15) is 0 Å². The number of pyridine rings is 1. The van der Waals surface area contributed by atoms with E-state index in [9.17, 15) is 0 Å². The van der Waals surface area contributed by atoms with E-state index in [1.165, 1.54) is 0 Å². The molecule has 1 aromatic carbocycles. The maximum absolute atomic E-state index is 6.04. The first-order valence-electron chi connectivity index (χ1n) is 7.93. The molecule has 2 N–H and O–H groups in total. The minimum absolute atomic E-state index is 0.428. The zero-order valence-electron chi connectivity index (χ0n) is 13.1. The number of anilines is 1. The van der Waals surface area contributed by atoms with Crippen molar-refractivity contribution in [1.29, 1.82) is 0 Å². The van der Waals surface area contributed by atoms with Crippen LogP contribution in [-0.4, -0.2) is 57.4 Å². The van der Waals surface area contributed by atoms with E-state index in [2.05, 4.69) is 21.8 Å². The van der Waals surface area contributed by atoms with Crippen molar-refractivity contribution in [2.24, 2.45) is 0 Å². The molecule has 7 nitrogen and oxygen atoms in total. The summed E-state index contributed by atoms with van der Waals surface area (Å²) in [5, 5.41) is 2.96. The number of fused-ring (bicyclic) bond motifs is 3. The van der Waals surface area contributed by atoms with Gasteiger partial charge in [0.05, 0.1) is 5.52 Å². The number of imidazole rings is 1. The van der Waals surface area contributed by atoms with E-state index in [0.717, 1.165) is 49.1 Å². The fourth-order valence-electron chi connectivity index (χ4n) is 3.03. The van der Waals surface area contributed by atoms with Gasteiger partial charge in [-0.15, -0.1) is 9.79 Å². The summed E-state index contributed by atoms with van der Waals surface area (Å²) in [7, 11) is 0. The van der Waals surface area contributed by atoms with Crippen LogP contribution in [0.15, 0.2) is 30.6 Å². The number of aromatic nitrogens is 3. The zero-order chi connectivity index (χ0) is 15.8. The zero-order valence-corrected chi connectivity index (χ0v) is 13.1. The Morgan fingerprint density at radius 2 is 1.96 bits per heavy atom. The quantitative estimate of drug-likeness (QED) is 0.782. The van der Waals surface area contributed by atoms with Crippen molar-refractivity contribution in [1.82, 2.24) is 24.7 Å². The van der Waals surface area contributed by atoms with Crippen molar-refractivity contribution in [3.05, 3.63) is 30.6 Å². The van der Waals surface area contributed by atoms with Gasteiger partial charge in [0.2, 0.25) is 0 Å². The molecule has 1 aliphatic rings. The van der Waals surface area contributed by atoms with Gasteiger partial charge >= 0.3 is 0 Å². The Kier molecular flexibility index (Phi) is 3.51. The summed E-state index contributed by atoms with van der Waals surface area (Å²) in [6, 6.07) is 7.90. The number of likely N-dealkylation sites (N-methyl/N-ethyl adjacent to an activating group) is 1. The normalized spacial score (nSPS) is 17.1. The van der Waals surface area contributed by atoms with Gasteiger partial charge in [-0.05, 0) is 12.6 Å². The molecule has 0 saturated carbocycles. The van der Waals surface area contributed by atoms with Gasteiger partial charge in [-0.3, -0.25) is 0 Å². The molecule has 0 unspecified atom stereocenters. The highest BCUT2D eigenvalue weighted by Crippen LogP contribution is 2.26. The number of nitrogens with two attached hydrogens (primary N) is 1. The summed E-state index contributed by atoms with van der Waals surface area (Å²) in [6.45, 7) is 7.01. The van der Waals surface area contributed by atoms with Crippen molar-refractivity contribution in [2.45, 2.75) is 6.92 Å². The largest absolute Gasteiger partial charge is 0.382 e. The average molecular weight is 312 g/mol. The summed E-state index contributed by atoms with van der Waals surface area (Å²) in [5.41, 5.74) is 8.43. The number of nitrogens with zero attached hydrogens (tertiary/aromatic N) is 5. The summed E-state index contributed by atoms with van der Waals surface area (Å²) in [5.74, 6) is 0.428. The molecule has 3 heterocycles. The van der Waals surface area contributed by atoms with Gasteiger partial charge in [-0.25, -0.2) is 9.97 Å². The number of rotatable bonds is 3. The lowest BCUT2D eigenvalue weighted by Crippen LogP contribution is -2.49. The van der Waals surface area contributed by atoms with Crippen molar-refractivity contribution in [3.8, 4) is 0 Å². The van der Waals surface area contributed by atoms with Crippen LogP contribution < -0.4 is 10.7 Å². The number of benzene rings is 1. The van der Waals surface area contributed by atoms with Crippen LogP contribution in [0.1, 0.15) is 6.92 Å². The van der Waals surface area contributed by atoms with Crippen LogP contribution >= 0.6 is 0 Å². The molecule has 1 saturated heterocycles. The molecule has 0 spiro atoms. The highest BCUT2D eigenvalue weighted by Gasteiger charge is 2.19. The predicted molar refractivity (Wildman–Crippen MR) is 89.7 cm³/mol. The predicted octanol–water partition coefficient (Wildman–Crippen LogP) is 1.15. The number of hydrogen-bond donors (Lipinski definition) is 1. The molecule has 7 heteroatoms. The molecule has 0 aliphatic carbocycles. The Hall–Kier alpha value is -2.38. The lowest BCUT2D eigenvalue weighted by molar-refractivity contribution is -0.175. The van der Waals surface area contributed by atoms with Gasteiger partial charge < -0.3 is 15.6 Å². The van der Waals surface area contributed by atoms with Crippen LogP contribution in [-0.2, 0) is 0 Å². The molecule has 23 heavy (non-hydrogen) atoms. The molecule has 3 aromatic rings. The van der Waals surface area contributed by atoms with Crippen LogP contribution in [0, 0.1) is 0 Å². The topological polar surface area (TPSA) is 72.4 Å². The van der Waals surface area contributed by atoms with Gasteiger partial charge in [0.15, 0.2) is 5.82 Å². The second kappa shape index (κ2) is 5.68. The van der Waals surface area contributed by atoms with Gasteiger partial charge in [0, 0.05) is 31.6 Å². The van der Waals surface area contributed by atoms with E-state index >= 15 is 0 Å². The van der Waals surface area contributed by atoms with E-state index in [0.29, 0.717) is 11.3 Å². The standard InChI is InChI=1S/C16H20N6O/c1-2-20-7-9-21(10-8-20)23-22-11-18-14-15(22)12-5-3-4-6-13(12)19-16(14)17/h3-6,11H,2,7-10H2,1H3,(H2,17,19). The van der Waals surface area contributed by atoms with Crippen molar-refractivity contribution >= 4 is 27.8 Å². The number of hydrogen-bond acceptors (Lipinski definition) is 6. The fourth-order valence-corrected chi connectivity index (χ4v) is 3.03. The highest BCUT2D eigenvalue weighted by atomic mass is 16.8. The molecule has 0 amide bonds. The number of piperazine rings is 1. The van der Waals surface area contributed by atoms with Crippen LogP contribution in [0.3, 0.4) is 0 Å². The Labute approximate surface area is 134 Å². The summed E-state index contributed by atoms with van der Waals surface area (Å²) in [4.78, 5) is 17.2. The summed E-state index contributed by atoms with van der Waals surface area (Å²) in [6.07, 6.45) is 1.67. The van der Waals surface area contributed by atoms with E-state index < -0.39 is 0 Å². The molecule has 0 atom stereocenters. The van der Waals surface area contributed by atoms with Gasteiger partial charge in [-0.1, -0.05) is 25.1 Å². The third-order valence-electron chi connectivity index (χ3n) is 4.36. The first kappa shape index (κ1) is 14.2. The summed E-state index contributed by atoms with van der Waals surface area (Å²) >= 11 is 0. The fraction of sp³-hybridized carbons (Fsp3) is 0.375. The minimum Gasteiger partial charge on any atom is -0.382 e. The molecule has 4 rings (SSSR count). The minimum atomic E-state index is 0.428. The lowest BCUT2D eigenvalue weighted by atomic mass is 10.2. The highest BCUT2D eigenvalue weighted by molar-refractivity contribution is 6.06. The third-order valence-corrected chi connectivity index (χ3v) is 4.36. The summed E-state index contributed by atoms with van der Waals surface area (Å²) < 4.78 is 1.71. The van der Waals surface area contributed by atoms with E-state index in [4.69, 9.17) is 10.7 Å². The molecule has 0 radical (unpaired) electrons. The molecule has 0 bridgehead atoms. The Morgan fingerprint density at radius 3 is 2.74 bits per heavy atom. The van der Waals surface area contributed by atoms with Crippen molar-refractivity contribution in [2.75, 3.05) is 38.5 Å². The second-order valence-electron chi connectivity index (χ2n) is 5.73. The molecular formula is C16H20N6O. The van der Waals surface area contributed by atoms with E-state index in [1.807, 2.05) is 29.3 Å². The maximum atomic E-state index is 6.04. The van der Waals surface area contributed by atoms with Crippen LogP contribution in [0.5, 0.6) is 0 Å². The lowest BCUT2D eigenvalue weighted by Gasteiger charge is -2.32. The van der Waals surface area contributed by atoms with Crippen molar-refractivity contribution in [3.63, 3.8) is 0 Å². The van der Waals surface area contributed by atoms with Gasteiger partial charge in [0.1, 0.15) is 17.4 Å². The van der Waals surface area contributed by atoms with Crippen LogP contribution in [0.2, 0.25) is 0 Å². The smallest absolute Gasteiger partial charge is 0.152 e. The second-order valence-corrected chi connectivity index (χ2v) is 5.73. The Morgan fingerprint density at radius 1 is 1.17 bits per heavy atom. The number of para-hydroxylation sites is 1.